The van der Waals surface area contributed by atoms with Gasteiger partial charge in [-0.25, -0.2) is 4.98 Å². The monoisotopic (exact) mass is 324 g/mol. The van der Waals surface area contributed by atoms with Crippen LogP contribution in [0, 0.1) is 0 Å². The van der Waals surface area contributed by atoms with Gasteiger partial charge in [-0.05, 0) is 29.3 Å². The molecule has 0 bridgehead atoms. The van der Waals surface area contributed by atoms with Crippen molar-refractivity contribution in [3.8, 4) is 0 Å². The van der Waals surface area contributed by atoms with Crippen LogP contribution in [0.4, 0.5) is 0 Å². The van der Waals surface area contributed by atoms with Gasteiger partial charge in [-0.3, -0.25) is 9.78 Å². The lowest BCUT2D eigenvalue weighted by atomic mass is 10.2. The summed E-state index contributed by atoms with van der Waals surface area (Å²) in [5.74, 6) is 0. The van der Waals surface area contributed by atoms with Gasteiger partial charge in [0.1, 0.15) is 5.02 Å². The van der Waals surface area contributed by atoms with Crippen LogP contribution in [0.2, 0.25) is 9.49 Å². The third kappa shape index (κ3) is 2.45. The molecule has 0 saturated heterocycles. The first-order chi connectivity index (χ1) is 9.65. The SMILES string of the molecule is O=c1c(Cl)c(C=Cc2cccnc2)nc2sc(Cl)nn12. The summed E-state index contributed by atoms with van der Waals surface area (Å²) < 4.78 is 1.33. The number of halogens is 2. The standard InChI is InChI=1S/C12H6Cl2N4OS/c13-9-8(4-3-7-2-1-5-15-6-7)16-12-18(10(9)19)17-11(14)20-12/h1-6H. The molecule has 5 nitrogen and oxygen atoms in total. The quantitative estimate of drug-likeness (QED) is 0.727. The normalized spacial score (nSPS) is 11.5. The molecule has 3 aromatic rings. The topological polar surface area (TPSA) is 60.2 Å². The van der Waals surface area contributed by atoms with Gasteiger partial charge in [-0.15, -0.1) is 5.10 Å². The second-order valence-electron chi connectivity index (χ2n) is 3.79. The van der Waals surface area contributed by atoms with Gasteiger partial charge in [0.05, 0.1) is 5.69 Å². The molecule has 0 aliphatic rings. The van der Waals surface area contributed by atoms with E-state index in [1.165, 1.54) is 0 Å². The van der Waals surface area contributed by atoms with Crippen molar-refractivity contribution in [1.29, 1.82) is 0 Å². The Hall–Kier alpha value is -1.76. The molecule has 0 aromatic carbocycles. The van der Waals surface area contributed by atoms with Gasteiger partial charge in [0, 0.05) is 12.4 Å². The first kappa shape index (κ1) is 13.2. The molecule has 0 aliphatic heterocycles. The average Bonchev–Trinajstić information content (AvgIpc) is 2.83. The van der Waals surface area contributed by atoms with Crippen LogP contribution in [0.25, 0.3) is 17.1 Å². The second-order valence-corrected chi connectivity index (χ2v) is 5.70. The molecule has 3 aromatic heterocycles. The van der Waals surface area contributed by atoms with Crippen molar-refractivity contribution in [2.24, 2.45) is 0 Å². The molecule has 0 radical (unpaired) electrons. The summed E-state index contributed by atoms with van der Waals surface area (Å²) in [4.78, 5) is 20.7. The minimum atomic E-state index is -0.439. The van der Waals surface area contributed by atoms with E-state index in [0.29, 0.717) is 10.7 Å². The molecule has 0 N–H and O–H groups in total. The maximum Gasteiger partial charge on any atom is 0.294 e. The van der Waals surface area contributed by atoms with Crippen LogP contribution in [-0.4, -0.2) is 19.6 Å². The molecule has 0 spiro atoms. The van der Waals surface area contributed by atoms with E-state index in [1.807, 2.05) is 12.1 Å². The van der Waals surface area contributed by atoms with E-state index in [1.54, 1.807) is 24.5 Å². The summed E-state index contributed by atoms with van der Waals surface area (Å²) in [6.07, 6.45) is 6.81. The molecule has 8 heteroatoms. The molecule has 0 fully saturated rings. The molecule has 100 valence electrons. The van der Waals surface area contributed by atoms with Crippen molar-refractivity contribution in [2.45, 2.75) is 0 Å². The highest BCUT2D eigenvalue weighted by Gasteiger charge is 2.12. The Kier molecular flexibility index (Phi) is 3.52. The summed E-state index contributed by atoms with van der Waals surface area (Å²) in [7, 11) is 0. The lowest BCUT2D eigenvalue weighted by Crippen LogP contribution is -2.16. The van der Waals surface area contributed by atoms with Gasteiger partial charge < -0.3 is 0 Å². The number of hydrogen-bond donors (Lipinski definition) is 0. The average molecular weight is 325 g/mol. The molecular formula is C12H6Cl2N4OS. The second kappa shape index (κ2) is 5.32. The predicted octanol–water partition coefficient (Wildman–Crippen LogP) is 3.02. The van der Waals surface area contributed by atoms with Crippen LogP contribution in [-0.2, 0) is 0 Å². The van der Waals surface area contributed by atoms with Gasteiger partial charge in [0.15, 0.2) is 0 Å². The minimum Gasteiger partial charge on any atom is -0.266 e. The Labute approximate surface area is 127 Å². The Morgan fingerprint density at radius 2 is 2.15 bits per heavy atom. The van der Waals surface area contributed by atoms with Crippen molar-refractivity contribution >= 4 is 51.7 Å². The van der Waals surface area contributed by atoms with Crippen molar-refractivity contribution in [3.05, 3.63) is 55.6 Å². The molecule has 0 amide bonds. The molecule has 0 atom stereocenters. The zero-order valence-electron chi connectivity index (χ0n) is 9.83. The zero-order valence-corrected chi connectivity index (χ0v) is 12.2. The highest BCUT2D eigenvalue weighted by Crippen LogP contribution is 2.20. The van der Waals surface area contributed by atoms with Gasteiger partial charge >= 0.3 is 0 Å². The lowest BCUT2D eigenvalue weighted by Gasteiger charge is -1.97. The molecule has 0 unspecified atom stereocenters. The number of fused-ring (bicyclic) bond motifs is 1. The van der Waals surface area contributed by atoms with Gasteiger partial charge in [0.25, 0.3) is 5.56 Å². The van der Waals surface area contributed by atoms with Gasteiger partial charge in [-0.1, -0.05) is 35.1 Å². The molecule has 0 saturated carbocycles. The summed E-state index contributed by atoms with van der Waals surface area (Å²) in [5, 5.41) is 3.84. The first-order valence-electron chi connectivity index (χ1n) is 5.48. The fourth-order valence-electron chi connectivity index (χ4n) is 1.58. The zero-order chi connectivity index (χ0) is 14.1. The Balaban J connectivity index is 2.10. The van der Waals surface area contributed by atoms with E-state index in [2.05, 4.69) is 15.1 Å². The summed E-state index contributed by atoms with van der Waals surface area (Å²) >= 11 is 12.9. The lowest BCUT2D eigenvalue weighted by molar-refractivity contribution is 0.898. The van der Waals surface area contributed by atoms with Crippen LogP contribution in [0.1, 0.15) is 11.3 Å². The van der Waals surface area contributed by atoms with Crippen LogP contribution >= 0.6 is 34.5 Å². The van der Waals surface area contributed by atoms with E-state index >= 15 is 0 Å². The molecule has 0 aliphatic carbocycles. The Bertz CT molecular complexity index is 857. The van der Waals surface area contributed by atoms with Gasteiger partial charge in [-0.2, -0.15) is 4.52 Å². The number of aromatic nitrogens is 4. The van der Waals surface area contributed by atoms with Crippen molar-refractivity contribution in [2.75, 3.05) is 0 Å². The minimum absolute atomic E-state index is 0.00427. The maximum atomic E-state index is 12.0. The van der Waals surface area contributed by atoms with E-state index in [0.717, 1.165) is 21.4 Å². The summed E-state index contributed by atoms with van der Waals surface area (Å²) in [6.45, 7) is 0. The third-order valence-corrected chi connectivity index (χ3v) is 3.83. The van der Waals surface area contributed by atoms with Crippen molar-refractivity contribution < 1.29 is 0 Å². The number of nitrogens with zero attached hydrogens (tertiary/aromatic N) is 4. The van der Waals surface area contributed by atoms with Crippen LogP contribution in [0.5, 0.6) is 0 Å². The van der Waals surface area contributed by atoms with Gasteiger partial charge in [0.2, 0.25) is 9.43 Å². The number of rotatable bonds is 2. The predicted molar refractivity (Wildman–Crippen MR) is 80.3 cm³/mol. The maximum absolute atomic E-state index is 12.0. The van der Waals surface area contributed by atoms with E-state index in [4.69, 9.17) is 23.2 Å². The fraction of sp³-hybridized carbons (Fsp3) is 0. The highest BCUT2D eigenvalue weighted by molar-refractivity contribution is 7.20. The van der Waals surface area contributed by atoms with Crippen LogP contribution in [0.15, 0.2) is 29.3 Å². The highest BCUT2D eigenvalue weighted by atomic mass is 35.5. The third-order valence-electron chi connectivity index (χ3n) is 2.47. The number of pyridine rings is 1. The molecule has 3 heterocycles. The summed E-state index contributed by atoms with van der Waals surface area (Å²) in [6, 6.07) is 3.70. The molecule has 20 heavy (non-hydrogen) atoms. The smallest absolute Gasteiger partial charge is 0.266 e. The Morgan fingerprint density at radius 1 is 1.30 bits per heavy atom. The van der Waals surface area contributed by atoms with Crippen LogP contribution in [0.3, 0.4) is 0 Å². The van der Waals surface area contributed by atoms with E-state index < -0.39 is 5.56 Å². The van der Waals surface area contributed by atoms with E-state index in [9.17, 15) is 4.79 Å². The van der Waals surface area contributed by atoms with Crippen molar-refractivity contribution in [1.82, 2.24) is 19.6 Å². The molecule has 3 rings (SSSR count). The number of hydrogen-bond acceptors (Lipinski definition) is 5. The van der Waals surface area contributed by atoms with Crippen LogP contribution < -0.4 is 5.56 Å². The fourth-order valence-corrected chi connectivity index (χ4v) is 2.67. The van der Waals surface area contributed by atoms with Crippen molar-refractivity contribution in [3.63, 3.8) is 0 Å². The largest absolute Gasteiger partial charge is 0.294 e. The van der Waals surface area contributed by atoms with E-state index in [-0.39, 0.29) is 9.49 Å². The summed E-state index contributed by atoms with van der Waals surface area (Å²) in [5.41, 5.74) is 0.819. The first-order valence-corrected chi connectivity index (χ1v) is 7.05. The Morgan fingerprint density at radius 3 is 2.90 bits per heavy atom. The molecular weight excluding hydrogens is 319 g/mol.